The van der Waals surface area contributed by atoms with Crippen LogP contribution in [-0.4, -0.2) is 13.0 Å². The van der Waals surface area contributed by atoms with Gasteiger partial charge in [0.1, 0.15) is 0 Å². The van der Waals surface area contributed by atoms with Gasteiger partial charge in [-0.15, -0.1) is 13.2 Å². The summed E-state index contributed by atoms with van der Waals surface area (Å²) >= 11 is 0. The maximum absolute atomic E-state index is 12.8. The van der Waals surface area contributed by atoms with Crippen molar-refractivity contribution in [3.63, 3.8) is 0 Å². The first-order valence-electron chi connectivity index (χ1n) is 3.88. The van der Waals surface area contributed by atoms with Crippen LogP contribution in [0, 0.1) is 11.6 Å². The molecule has 0 unspecified atom stereocenters. The number of benzene rings is 1. The number of alkyl halides is 5. The van der Waals surface area contributed by atoms with Gasteiger partial charge in [-0.3, -0.25) is 0 Å². The van der Waals surface area contributed by atoms with E-state index in [-0.39, 0.29) is 12.1 Å². The molecule has 0 atom stereocenters. The smallest absolute Gasteiger partial charge is 0.432 e. The van der Waals surface area contributed by atoms with E-state index in [0.29, 0.717) is 0 Å². The Morgan fingerprint density at radius 2 is 1.47 bits per heavy atom. The minimum absolute atomic E-state index is 0.0459. The summed E-state index contributed by atoms with van der Waals surface area (Å²) < 4.78 is 90.9. The SMILES string of the molecule is Fc1cc(F)c(OC(F)(F)F)cc1OC(F)F. The van der Waals surface area contributed by atoms with Gasteiger partial charge in [0.15, 0.2) is 23.1 Å². The summed E-state index contributed by atoms with van der Waals surface area (Å²) in [5, 5.41) is 0. The van der Waals surface area contributed by atoms with Gasteiger partial charge in [-0.1, -0.05) is 0 Å². The number of rotatable bonds is 3. The largest absolute Gasteiger partial charge is 0.573 e. The Balaban J connectivity index is 3.06. The second-order valence-corrected chi connectivity index (χ2v) is 2.64. The maximum Gasteiger partial charge on any atom is 0.573 e. The van der Waals surface area contributed by atoms with Crippen LogP contribution in [0.5, 0.6) is 11.5 Å². The highest BCUT2D eigenvalue weighted by Crippen LogP contribution is 2.31. The van der Waals surface area contributed by atoms with Crippen LogP contribution in [0.3, 0.4) is 0 Å². The predicted octanol–water partition coefficient (Wildman–Crippen LogP) is 3.46. The second kappa shape index (κ2) is 4.68. The molecule has 0 N–H and O–H groups in total. The summed E-state index contributed by atoms with van der Waals surface area (Å²) in [6.07, 6.45) is -5.24. The van der Waals surface area contributed by atoms with Crippen molar-refractivity contribution in [3.05, 3.63) is 23.8 Å². The van der Waals surface area contributed by atoms with Crippen LogP contribution in [0.15, 0.2) is 12.1 Å². The summed E-state index contributed by atoms with van der Waals surface area (Å²) in [5.41, 5.74) is 0. The van der Waals surface area contributed by atoms with Crippen molar-refractivity contribution in [1.82, 2.24) is 0 Å². The lowest BCUT2D eigenvalue weighted by Gasteiger charge is -2.12. The fraction of sp³-hybridized carbons (Fsp3) is 0.250. The zero-order chi connectivity index (χ0) is 13.2. The normalized spacial score (nSPS) is 11.8. The van der Waals surface area contributed by atoms with Crippen molar-refractivity contribution in [2.24, 2.45) is 0 Å². The van der Waals surface area contributed by atoms with E-state index in [9.17, 15) is 30.7 Å². The van der Waals surface area contributed by atoms with Crippen molar-refractivity contribution < 1.29 is 40.2 Å². The van der Waals surface area contributed by atoms with Gasteiger partial charge in [0, 0.05) is 12.1 Å². The van der Waals surface area contributed by atoms with Gasteiger partial charge in [0.25, 0.3) is 0 Å². The standard InChI is InChI=1S/C8H3F7O2/c9-3-1-4(10)6(17-8(13,14)15)2-5(3)16-7(11)12/h1-2,7H. The van der Waals surface area contributed by atoms with Gasteiger partial charge < -0.3 is 9.47 Å². The lowest BCUT2D eigenvalue weighted by Crippen LogP contribution is -2.18. The van der Waals surface area contributed by atoms with E-state index in [0.717, 1.165) is 0 Å². The fourth-order valence-corrected chi connectivity index (χ4v) is 0.900. The van der Waals surface area contributed by atoms with Gasteiger partial charge in [-0.25, -0.2) is 8.78 Å². The topological polar surface area (TPSA) is 18.5 Å². The molecular formula is C8H3F7O2. The molecule has 0 saturated carbocycles. The molecule has 1 rings (SSSR count). The minimum Gasteiger partial charge on any atom is -0.432 e. The Bertz CT molecular complexity index is 402. The van der Waals surface area contributed by atoms with E-state index in [2.05, 4.69) is 9.47 Å². The molecule has 9 heteroatoms. The first-order valence-corrected chi connectivity index (χ1v) is 3.88. The molecule has 0 radical (unpaired) electrons. The predicted molar refractivity (Wildman–Crippen MR) is 39.7 cm³/mol. The van der Waals surface area contributed by atoms with Crippen LogP contribution in [0.4, 0.5) is 30.7 Å². The Kier molecular flexibility index (Phi) is 3.69. The monoisotopic (exact) mass is 264 g/mol. The molecule has 0 aliphatic rings. The van der Waals surface area contributed by atoms with Crippen LogP contribution in [0.25, 0.3) is 0 Å². The summed E-state index contributed by atoms with van der Waals surface area (Å²) in [7, 11) is 0. The van der Waals surface area contributed by atoms with E-state index in [1.807, 2.05) is 0 Å². The molecular weight excluding hydrogens is 261 g/mol. The molecule has 0 aliphatic heterocycles. The quantitative estimate of drug-likeness (QED) is 0.778. The van der Waals surface area contributed by atoms with Gasteiger partial charge >= 0.3 is 13.0 Å². The molecule has 0 amide bonds. The first-order chi connectivity index (χ1) is 7.69. The van der Waals surface area contributed by atoms with Crippen LogP contribution in [-0.2, 0) is 0 Å². The highest BCUT2D eigenvalue weighted by atomic mass is 19.4. The second-order valence-electron chi connectivity index (χ2n) is 2.64. The summed E-state index contributed by atoms with van der Waals surface area (Å²) in [6.45, 7) is -3.46. The number of hydrogen-bond donors (Lipinski definition) is 0. The molecule has 17 heavy (non-hydrogen) atoms. The number of ether oxygens (including phenoxy) is 2. The lowest BCUT2D eigenvalue weighted by atomic mass is 10.3. The molecule has 96 valence electrons. The van der Waals surface area contributed by atoms with E-state index in [4.69, 9.17) is 0 Å². The van der Waals surface area contributed by atoms with E-state index in [1.165, 1.54) is 0 Å². The molecule has 1 aromatic carbocycles. The van der Waals surface area contributed by atoms with E-state index < -0.39 is 36.1 Å². The average molecular weight is 264 g/mol. The summed E-state index contributed by atoms with van der Waals surface area (Å²) in [6, 6.07) is -0.0108. The Morgan fingerprint density at radius 3 is 1.94 bits per heavy atom. The third-order valence-electron chi connectivity index (χ3n) is 1.43. The maximum atomic E-state index is 12.8. The molecule has 0 spiro atoms. The fourth-order valence-electron chi connectivity index (χ4n) is 0.900. The molecule has 0 aliphatic carbocycles. The van der Waals surface area contributed by atoms with Crippen molar-refractivity contribution in [3.8, 4) is 11.5 Å². The highest BCUT2D eigenvalue weighted by molar-refractivity contribution is 5.36. The van der Waals surface area contributed by atoms with Crippen molar-refractivity contribution in [2.45, 2.75) is 13.0 Å². The van der Waals surface area contributed by atoms with E-state index >= 15 is 0 Å². The Hall–Kier alpha value is -1.67. The average Bonchev–Trinajstić information content (AvgIpc) is 2.10. The third kappa shape index (κ3) is 4.00. The van der Waals surface area contributed by atoms with E-state index in [1.54, 1.807) is 0 Å². The van der Waals surface area contributed by atoms with Gasteiger partial charge in [0.2, 0.25) is 0 Å². The zero-order valence-corrected chi connectivity index (χ0v) is 7.69. The molecule has 0 bridgehead atoms. The highest BCUT2D eigenvalue weighted by Gasteiger charge is 2.33. The van der Waals surface area contributed by atoms with Crippen LogP contribution in [0.1, 0.15) is 0 Å². The summed E-state index contributed by atoms with van der Waals surface area (Å²) in [4.78, 5) is 0. The Labute approximate surface area is 89.5 Å². The van der Waals surface area contributed by atoms with Crippen molar-refractivity contribution in [1.29, 1.82) is 0 Å². The molecule has 0 saturated heterocycles. The molecule has 2 nitrogen and oxygen atoms in total. The van der Waals surface area contributed by atoms with Crippen molar-refractivity contribution in [2.75, 3.05) is 0 Å². The minimum atomic E-state index is -5.24. The molecule has 0 heterocycles. The third-order valence-corrected chi connectivity index (χ3v) is 1.43. The van der Waals surface area contributed by atoms with Crippen LogP contribution in [0.2, 0.25) is 0 Å². The van der Waals surface area contributed by atoms with Gasteiger partial charge in [-0.05, 0) is 0 Å². The van der Waals surface area contributed by atoms with Gasteiger partial charge in [0.05, 0.1) is 0 Å². The number of halogens is 7. The molecule has 0 fully saturated rings. The number of hydrogen-bond acceptors (Lipinski definition) is 2. The molecule has 0 aromatic heterocycles. The lowest BCUT2D eigenvalue weighted by molar-refractivity contribution is -0.275. The Morgan fingerprint density at radius 1 is 0.941 bits per heavy atom. The van der Waals surface area contributed by atoms with Crippen molar-refractivity contribution >= 4 is 0 Å². The van der Waals surface area contributed by atoms with Crippen LogP contribution >= 0.6 is 0 Å². The van der Waals surface area contributed by atoms with Gasteiger partial charge in [-0.2, -0.15) is 8.78 Å². The first kappa shape index (κ1) is 13.4. The van der Waals surface area contributed by atoms with Crippen LogP contribution < -0.4 is 9.47 Å². The summed E-state index contributed by atoms with van der Waals surface area (Å²) in [5.74, 6) is -5.98. The molecule has 1 aromatic rings. The zero-order valence-electron chi connectivity index (χ0n) is 7.69.